The van der Waals surface area contributed by atoms with Gasteiger partial charge in [-0.1, -0.05) is 90.5 Å². The number of hydrogen-bond donors (Lipinski definition) is 0. The third kappa shape index (κ3) is 11.3. The molecule has 0 saturated carbocycles. The minimum Gasteiger partial charge on any atom is -0.494 e. The quantitative estimate of drug-likeness (QED) is 0.107. The van der Waals surface area contributed by atoms with E-state index >= 15 is 0 Å². The molecule has 1 aliphatic rings. The summed E-state index contributed by atoms with van der Waals surface area (Å²) in [5.74, 6) is 0.305. The van der Waals surface area contributed by atoms with Gasteiger partial charge in [0.2, 0.25) is 0 Å². The third-order valence-corrected chi connectivity index (χ3v) is 7.22. The monoisotopic (exact) mass is 542 g/mol. The molecular weight excluding hydrogens is 495 g/mol. The van der Waals surface area contributed by atoms with Crippen LogP contribution in [0.5, 0.6) is 11.5 Å². The highest BCUT2D eigenvalue weighted by Crippen LogP contribution is 2.30. The lowest BCUT2D eigenvalue weighted by atomic mass is 10.0. The fourth-order valence-corrected chi connectivity index (χ4v) is 4.79. The number of unbranched alkanes of at least 4 members (excludes halogenated alkanes) is 10. The molecule has 1 aliphatic heterocycles. The molecule has 1 heterocycles. The van der Waals surface area contributed by atoms with Crippen LogP contribution in [0.4, 0.5) is 4.39 Å². The highest BCUT2D eigenvalue weighted by atomic mass is 19.1. The number of ether oxygens (including phenoxy) is 4. The molecule has 216 valence electrons. The Morgan fingerprint density at radius 2 is 1.38 bits per heavy atom. The van der Waals surface area contributed by atoms with E-state index in [1.807, 2.05) is 0 Å². The van der Waals surface area contributed by atoms with Gasteiger partial charge >= 0.3 is 5.97 Å². The molecule has 5 nitrogen and oxygen atoms in total. The lowest BCUT2D eigenvalue weighted by Gasteiger charge is -2.30. The molecular formula is C33H47FO5. The van der Waals surface area contributed by atoms with E-state index in [-0.39, 0.29) is 5.56 Å². The molecule has 0 N–H and O–H groups in total. The Balaban J connectivity index is 1.38. The third-order valence-electron chi connectivity index (χ3n) is 7.22. The molecule has 0 atom stereocenters. The van der Waals surface area contributed by atoms with Crippen molar-refractivity contribution in [2.75, 3.05) is 19.8 Å². The molecule has 39 heavy (non-hydrogen) atoms. The van der Waals surface area contributed by atoms with Gasteiger partial charge in [0.25, 0.3) is 0 Å². The molecule has 0 amide bonds. The molecule has 1 saturated heterocycles. The molecule has 0 bridgehead atoms. The van der Waals surface area contributed by atoms with E-state index in [9.17, 15) is 9.18 Å². The Morgan fingerprint density at radius 3 is 2.03 bits per heavy atom. The summed E-state index contributed by atoms with van der Waals surface area (Å²) in [6.07, 6.45) is 15.2. The summed E-state index contributed by atoms with van der Waals surface area (Å²) < 4.78 is 37.7. The zero-order chi connectivity index (χ0) is 27.7. The number of rotatable bonds is 18. The summed E-state index contributed by atoms with van der Waals surface area (Å²) >= 11 is 0. The molecule has 0 spiro atoms. The van der Waals surface area contributed by atoms with Crippen molar-refractivity contribution in [1.82, 2.24) is 0 Å². The minimum absolute atomic E-state index is 0.135. The van der Waals surface area contributed by atoms with E-state index in [1.54, 1.807) is 36.4 Å². The molecule has 0 unspecified atom stereocenters. The first-order valence-electron chi connectivity index (χ1n) is 15.1. The van der Waals surface area contributed by atoms with E-state index in [2.05, 4.69) is 13.8 Å². The van der Waals surface area contributed by atoms with Crippen LogP contribution in [-0.4, -0.2) is 25.8 Å². The molecule has 2 aromatic carbocycles. The first kappa shape index (κ1) is 31.1. The Labute approximate surface area is 234 Å². The average molecular weight is 543 g/mol. The number of hydrogen-bond acceptors (Lipinski definition) is 5. The van der Waals surface area contributed by atoms with Crippen LogP contribution in [0, 0.1) is 11.7 Å². The molecule has 2 aromatic rings. The van der Waals surface area contributed by atoms with Crippen molar-refractivity contribution < 1.29 is 28.1 Å². The normalized spacial score (nSPS) is 17.2. The minimum atomic E-state index is -0.750. The Hall–Kier alpha value is -2.44. The largest absolute Gasteiger partial charge is 0.494 e. The highest BCUT2D eigenvalue weighted by Gasteiger charge is 2.26. The van der Waals surface area contributed by atoms with Gasteiger partial charge in [0.1, 0.15) is 17.3 Å². The predicted molar refractivity (Wildman–Crippen MR) is 153 cm³/mol. The molecule has 1 fully saturated rings. The number of benzene rings is 2. The van der Waals surface area contributed by atoms with Crippen LogP contribution in [0.3, 0.4) is 0 Å². The molecule has 0 aromatic heterocycles. The van der Waals surface area contributed by atoms with Crippen LogP contribution >= 0.6 is 0 Å². The topological polar surface area (TPSA) is 54.0 Å². The SMILES string of the molecule is CCCCCCCCCOc1ccc(OC(=O)c2ccc(C3OCC(CCCCCCC)CO3)c(F)c2)cc1. The molecule has 6 heteroatoms. The van der Waals surface area contributed by atoms with Gasteiger partial charge < -0.3 is 18.9 Å². The first-order chi connectivity index (χ1) is 19.1. The zero-order valence-electron chi connectivity index (χ0n) is 23.9. The zero-order valence-corrected chi connectivity index (χ0v) is 23.9. The van der Waals surface area contributed by atoms with Crippen LogP contribution in [0.15, 0.2) is 42.5 Å². The van der Waals surface area contributed by atoms with Crippen LogP contribution in [-0.2, 0) is 9.47 Å². The van der Waals surface area contributed by atoms with Gasteiger partial charge in [0.15, 0.2) is 6.29 Å². The van der Waals surface area contributed by atoms with Gasteiger partial charge in [-0.15, -0.1) is 0 Å². The summed E-state index contributed by atoms with van der Waals surface area (Å²) in [7, 11) is 0. The average Bonchev–Trinajstić information content (AvgIpc) is 2.95. The summed E-state index contributed by atoms with van der Waals surface area (Å²) in [4.78, 5) is 12.6. The number of halogens is 1. The molecule has 0 radical (unpaired) electrons. The number of carbonyl (C=O) groups excluding carboxylic acids is 1. The summed E-state index contributed by atoms with van der Waals surface area (Å²) in [6.45, 7) is 6.22. The van der Waals surface area contributed by atoms with Crippen molar-refractivity contribution in [3.05, 3.63) is 59.4 Å². The summed E-state index contributed by atoms with van der Waals surface area (Å²) in [5, 5.41) is 0. The van der Waals surface area contributed by atoms with Crippen molar-refractivity contribution in [2.24, 2.45) is 5.92 Å². The highest BCUT2D eigenvalue weighted by molar-refractivity contribution is 5.91. The van der Waals surface area contributed by atoms with E-state index in [0.29, 0.717) is 37.1 Å². The lowest BCUT2D eigenvalue weighted by Crippen LogP contribution is -2.27. The maximum absolute atomic E-state index is 14.9. The van der Waals surface area contributed by atoms with Crippen LogP contribution in [0.2, 0.25) is 0 Å². The van der Waals surface area contributed by atoms with Gasteiger partial charge in [-0.05, 0) is 49.2 Å². The standard InChI is InChI=1S/C33H47FO5/c1-3-5-7-9-10-12-14-22-36-28-17-19-29(20-18-28)39-32(35)27-16-21-30(31(34)23-27)33-37-24-26(25-38-33)15-13-11-8-6-4-2/h16-21,23,26,33H,3-15,22,24-25H2,1-2H3. The fraction of sp³-hybridized carbons (Fsp3) is 0.606. The van der Waals surface area contributed by atoms with Crippen molar-refractivity contribution in [3.8, 4) is 11.5 Å². The van der Waals surface area contributed by atoms with Crippen molar-refractivity contribution in [3.63, 3.8) is 0 Å². The number of esters is 1. The van der Waals surface area contributed by atoms with E-state index in [0.717, 1.165) is 18.6 Å². The second kappa shape index (κ2) is 18.0. The van der Waals surface area contributed by atoms with Crippen molar-refractivity contribution in [2.45, 2.75) is 104 Å². The maximum atomic E-state index is 14.9. The van der Waals surface area contributed by atoms with Gasteiger partial charge in [-0.2, -0.15) is 0 Å². The molecule has 0 aliphatic carbocycles. The Morgan fingerprint density at radius 1 is 0.795 bits per heavy atom. The van der Waals surface area contributed by atoms with Gasteiger partial charge in [-0.25, -0.2) is 9.18 Å². The van der Waals surface area contributed by atoms with E-state index < -0.39 is 18.1 Å². The maximum Gasteiger partial charge on any atom is 0.343 e. The smallest absolute Gasteiger partial charge is 0.343 e. The van der Waals surface area contributed by atoms with E-state index in [4.69, 9.17) is 18.9 Å². The van der Waals surface area contributed by atoms with Gasteiger partial charge in [0, 0.05) is 11.5 Å². The van der Waals surface area contributed by atoms with Crippen LogP contribution in [0.1, 0.15) is 120 Å². The second-order valence-corrected chi connectivity index (χ2v) is 10.6. The predicted octanol–water partition coefficient (Wildman–Crippen LogP) is 9.20. The number of carbonyl (C=O) groups is 1. The summed E-state index contributed by atoms with van der Waals surface area (Å²) in [6, 6.07) is 11.2. The fourth-order valence-electron chi connectivity index (χ4n) is 4.79. The van der Waals surface area contributed by atoms with Crippen molar-refractivity contribution in [1.29, 1.82) is 0 Å². The van der Waals surface area contributed by atoms with Crippen LogP contribution < -0.4 is 9.47 Å². The summed E-state index contributed by atoms with van der Waals surface area (Å²) in [5.41, 5.74) is 0.437. The second-order valence-electron chi connectivity index (χ2n) is 10.6. The lowest BCUT2D eigenvalue weighted by molar-refractivity contribution is -0.207. The van der Waals surface area contributed by atoms with E-state index in [1.165, 1.54) is 76.7 Å². The Bertz CT molecular complexity index is 953. The first-order valence-corrected chi connectivity index (χ1v) is 15.1. The Kier molecular flexibility index (Phi) is 14.4. The molecule has 3 rings (SSSR count). The van der Waals surface area contributed by atoms with Gasteiger partial charge in [-0.3, -0.25) is 0 Å². The van der Waals surface area contributed by atoms with Crippen molar-refractivity contribution >= 4 is 5.97 Å². The van der Waals surface area contributed by atoms with Gasteiger partial charge in [0.05, 0.1) is 25.4 Å². The van der Waals surface area contributed by atoms with Crippen LogP contribution in [0.25, 0.3) is 0 Å².